The first kappa shape index (κ1) is 31.6. The van der Waals surface area contributed by atoms with E-state index in [9.17, 15) is 0 Å². The maximum Gasteiger partial charge on any atom is 0.143 e. The van der Waals surface area contributed by atoms with Crippen LogP contribution in [0.3, 0.4) is 0 Å². The van der Waals surface area contributed by atoms with E-state index in [0.717, 1.165) is 55.5 Å². The second-order valence-electron chi connectivity index (χ2n) is 14.1. The molecule has 11 rings (SSSR count). The molecule has 0 fully saturated rings. The molecule has 0 bridgehead atoms. The highest BCUT2D eigenvalue weighted by Gasteiger charge is 2.18. The van der Waals surface area contributed by atoms with E-state index in [1.165, 1.54) is 47.8 Å². The Morgan fingerprint density at radius 2 is 1.02 bits per heavy atom. The van der Waals surface area contributed by atoms with Crippen molar-refractivity contribution >= 4 is 81.3 Å². The molecule has 0 N–H and O–H groups in total. The van der Waals surface area contributed by atoms with Crippen LogP contribution in [-0.2, 0) is 0 Å². The summed E-state index contributed by atoms with van der Waals surface area (Å²) >= 11 is 1.87. The molecule has 0 radical (unpaired) electrons. The summed E-state index contributed by atoms with van der Waals surface area (Å²) in [6.45, 7) is 0. The van der Waals surface area contributed by atoms with Crippen LogP contribution in [0.2, 0.25) is 0 Å². The zero-order chi connectivity index (χ0) is 36.3. The first-order valence-corrected chi connectivity index (χ1v) is 19.5. The molecule has 0 amide bonds. The first-order chi connectivity index (χ1) is 27.3. The summed E-state index contributed by atoms with van der Waals surface area (Å²) in [4.78, 5) is 2.37. The Morgan fingerprint density at radius 3 is 1.85 bits per heavy atom. The quantitative estimate of drug-likeness (QED) is 0.170. The fourth-order valence-corrected chi connectivity index (χ4v) is 9.49. The summed E-state index contributed by atoms with van der Waals surface area (Å²) in [5, 5.41) is 7.22. The van der Waals surface area contributed by atoms with Crippen LogP contribution >= 0.6 is 11.3 Å². The normalized spacial score (nSPS) is 11.6. The third-order valence-electron chi connectivity index (χ3n) is 10.9. The molecule has 9 aromatic carbocycles. The average molecular weight is 720 g/mol. The largest absolute Gasteiger partial charge is 0.455 e. The van der Waals surface area contributed by atoms with Gasteiger partial charge in [0.1, 0.15) is 11.2 Å². The lowest BCUT2D eigenvalue weighted by molar-refractivity contribution is 0.673. The Kier molecular flexibility index (Phi) is 7.39. The maximum absolute atomic E-state index is 6.53. The summed E-state index contributed by atoms with van der Waals surface area (Å²) in [6, 6.07) is 72.1. The Balaban J connectivity index is 1.04. The molecule has 0 atom stereocenters. The minimum atomic E-state index is 0.901. The van der Waals surface area contributed by atoms with Crippen molar-refractivity contribution in [3.63, 3.8) is 0 Å². The number of anilines is 3. The van der Waals surface area contributed by atoms with Gasteiger partial charge in [0.25, 0.3) is 0 Å². The van der Waals surface area contributed by atoms with E-state index in [1.54, 1.807) is 0 Å². The van der Waals surface area contributed by atoms with Crippen molar-refractivity contribution in [1.29, 1.82) is 0 Å². The molecule has 0 aliphatic carbocycles. The lowest BCUT2D eigenvalue weighted by Crippen LogP contribution is -2.10. The highest BCUT2D eigenvalue weighted by Crippen LogP contribution is 2.44. The summed E-state index contributed by atoms with van der Waals surface area (Å²) in [5.74, 6) is 0. The second kappa shape index (κ2) is 12.9. The Hall–Kier alpha value is -6.94. The molecule has 0 saturated carbocycles. The first-order valence-electron chi connectivity index (χ1n) is 18.7. The van der Waals surface area contributed by atoms with Gasteiger partial charge in [0.05, 0.1) is 0 Å². The van der Waals surface area contributed by atoms with Gasteiger partial charge in [0.2, 0.25) is 0 Å². The molecular formula is C52H33NOS. The van der Waals surface area contributed by atoms with Gasteiger partial charge in [-0.2, -0.15) is 0 Å². The predicted molar refractivity (Wildman–Crippen MR) is 235 cm³/mol. The molecule has 55 heavy (non-hydrogen) atoms. The van der Waals surface area contributed by atoms with Gasteiger partial charge in [-0.15, -0.1) is 11.3 Å². The van der Waals surface area contributed by atoms with E-state index in [0.29, 0.717) is 0 Å². The Morgan fingerprint density at radius 1 is 0.382 bits per heavy atom. The number of benzene rings is 9. The lowest BCUT2D eigenvalue weighted by Gasteiger charge is -2.26. The molecule has 0 spiro atoms. The van der Waals surface area contributed by atoms with Crippen molar-refractivity contribution in [1.82, 2.24) is 0 Å². The van der Waals surface area contributed by atoms with Crippen molar-refractivity contribution in [3.05, 3.63) is 200 Å². The van der Waals surface area contributed by atoms with Gasteiger partial charge in [0, 0.05) is 53.4 Å². The Labute approximate surface area is 322 Å². The fourth-order valence-electron chi connectivity index (χ4n) is 8.25. The van der Waals surface area contributed by atoms with Crippen molar-refractivity contribution in [2.75, 3.05) is 4.90 Å². The molecular weight excluding hydrogens is 687 g/mol. The molecule has 3 heteroatoms. The third kappa shape index (κ3) is 5.32. The molecule has 0 aliphatic rings. The Bertz CT molecular complexity index is 3190. The van der Waals surface area contributed by atoms with E-state index >= 15 is 0 Å². The van der Waals surface area contributed by atoms with Gasteiger partial charge in [0.15, 0.2) is 0 Å². The maximum atomic E-state index is 6.53. The molecule has 258 valence electrons. The van der Waals surface area contributed by atoms with Crippen LogP contribution in [0, 0.1) is 0 Å². The molecule has 11 aromatic rings. The van der Waals surface area contributed by atoms with Crippen LogP contribution in [-0.4, -0.2) is 0 Å². The van der Waals surface area contributed by atoms with Gasteiger partial charge in [-0.1, -0.05) is 146 Å². The van der Waals surface area contributed by atoms with E-state index in [1.807, 2.05) is 11.3 Å². The SMILES string of the molecule is c1ccc(-c2ccc(N(c3ccc(-c4cccc5oc6c7ccccc7ccc6c45)cc3)c3cccc(-c4cccc5c4sc4ccccc45)c3)cc2)cc1. The van der Waals surface area contributed by atoms with Crippen molar-refractivity contribution in [2.45, 2.75) is 0 Å². The van der Waals surface area contributed by atoms with E-state index in [-0.39, 0.29) is 0 Å². The second-order valence-corrected chi connectivity index (χ2v) is 15.1. The van der Waals surface area contributed by atoms with Crippen LogP contribution in [0.5, 0.6) is 0 Å². The van der Waals surface area contributed by atoms with E-state index in [4.69, 9.17) is 4.42 Å². The number of furan rings is 1. The van der Waals surface area contributed by atoms with Crippen LogP contribution in [0.4, 0.5) is 17.1 Å². The van der Waals surface area contributed by atoms with E-state index in [2.05, 4.69) is 205 Å². The van der Waals surface area contributed by atoms with Crippen LogP contribution in [0.15, 0.2) is 205 Å². The monoisotopic (exact) mass is 719 g/mol. The van der Waals surface area contributed by atoms with Gasteiger partial charge in [-0.3, -0.25) is 0 Å². The third-order valence-corrected chi connectivity index (χ3v) is 12.1. The molecule has 2 aromatic heterocycles. The highest BCUT2D eigenvalue weighted by molar-refractivity contribution is 7.26. The van der Waals surface area contributed by atoms with Crippen LogP contribution < -0.4 is 4.90 Å². The molecule has 2 heterocycles. The number of hydrogen-bond acceptors (Lipinski definition) is 3. The van der Waals surface area contributed by atoms with Crippen molar-refractivity contribution < 1.29 is 4.42 Å². The zero-order valence-corrected chi connectivity index (χ0v) is 30.6. The number of nitrogens with zero attached hydrogens (tertiary/aromatic N) is 1. The van der Waals surface area contributed by atoms with Gasteiger partial charge < -0.3 is 9.32 Å². The smallest absolute Gasteiger partial charge is 0.143 e. The van der Waals surface area contributed by atoms with E-state index < -0.39 is 0 Å². The molecule has 0 saturated heterocycles. The highest BCUT2D eigenvalue weighted by atomic mass is 32.1. The number of hydrogen-bond donors (Lipinski definition) is 0. The van der Waals surface area contributed by atoms with Gasteiger partial charge in [-0.05, 0) is 93.4 Å². The van der Waals surface area contributed by atoms with Crippen molar-refractivity contribution in [3.8, 4) is 33.4 Å². The van der Waals surface area contributed by atoms with Crippen LogP contribution in [0.1, 0.15) is 0 Å². The molecule has 2 nitrogen and oxygen atoms in total. The molecule has 0 unspecified atom stereocenters. The minimum absolute atomic E-state index is 0.901. The summed E-state index contributed by atoms with van der Waals surface area (Å²) < 4.78 is 9.16. The number of thiophene rings is 1. The standard InChI is InChI=1S/C52H33NOS/c1-2-11-34(12-3-1)35-23-28-39(29-24-35)53(41-15-8-14-38(33-41)44-19-9-20-46-45-17-6-7-22-49(45)55-52(44)46)40-30-25-37(26-31-40)42-18-10-21-48-50(42)47-32-27-36-13-4-5-16-43(36)51(47)54-48/h1-33H. The zero-order valence-electron chi connectivity index (χ0n) is 29.8. The average Bonchev–Trinajstić information content (AvgIpc) is 3.84. The number of rotatable bonds is 6. The van der Waals surface area contributed by atoms with Gasteiger partial charge >= 0.3 is 0 Å². The van der Waals surface area contributed by atoms with Crippen LogP contribution in [0.25, 0.3) is 86.3 Å². The summed E-state index contributed by atoms with van der Waals surface area (Å²) in [5.41, 5.74) is 12.3. The summed E-state index contributed by atoms with van der Waals surface area (Å²) in [7, 11) is 0. The predicted octanol–water partition coefficient (Wildman–Crippen LogP) is 15.6. The summed E-state index contributed by atoms with van der Waals surface area (Å²) in [6.07, 6.45) is 0. The lowest BCUT2D eigenvalue weighted by atomic mass is 9.97. The topological polar surface area (TPSA) is 16.4 Å². The van der Waals surface area contributed by atoms with Gasteiger partial charge in [-0.25, -0.2) is 0 Å². The minimum Gasteiger partial charge on any atom is -0.455 e. The number of fused-ring (bicyclic) bond motifs is 8. The van der Waals surface area contributed by atoms with Crippen molar-refractivity contribution in [2.24, 2.45) is 0 Å². The fraction of sp³-hybridized carbons (Fsp3) is 0. The molecule has 0 aliphatic heterocycles.